The third kappa shape index (κ3) is 2.01. The minimum absolute atomic E-state index is 0.0170. The van der Waals surface area contributed by atoms with Crippen molar-refractivity contribution in [2.24, 2.45) is 5.84 Å². The van der Waals surface area contributed by atoms with Crippen LogP contribution in [-0.4, -0.2) is 34.5 Å². The Balaban J connectivity index is 2.34. The largest absolute Gasteiger partial charge is 0.352 e. The van der Waals surface area contributed by atoms with Gasteiger partial charge in [0.25, 0.3) is 0 Å². The second kappa shape index (κ2) is 4.17. The lowest BCUT2D eigenvalue weighted by Crippen LogP contribution is -2.62. The van der Waals surface area contributed by atoms with Crippen LogP contribution in [0.2, 0.25) is 0 Å². The molecular formula is C10H16N6O. The number of amides is 1. The van der Waals surface area contributed by atoms with Gasteiger partial charge in [0.15, 0.2) is 11.6 Å². The van der Waals surface area contributed by atoms with Crippen molar-refractivity contribution >= 4 is 17.5 Å². The summed E-state index contributed by atoms with van der Waals surface area (Å²) in [5.41, 5.74) is 1.81. The molecular weight excluding hydrogens is 220 g/mol. The van der Waals surface area contributed by atoms with Gasteiger partial charge in [0.2, 0.25) is 5.91 Å². The molecule has 0 aromatic carbocycles. The fraction of sp³-hybridized carbons (Fsp3) is 0.500. The van der Waals surface area contributed by atoms with E-state index in [1.807, 2.05) is 18.7 Å². The zero-order chi connectivity index (χ0) is 12.5. The Morgan fingerprint density at radius 2 is 2.29 bits per heavy atom. The summed E-state index contributed by atoms with van der Waals surface area (Å²) >= 11 is 0. The lowest BCUT2D eigenvalue weighted by molar-refractivity contribution is -0.126. The average molecular weight is 236 g/mol. The molecule has 1 aromatic rings. The Labute approximate surface area is 99.4 Å². The SMILES string of the molecule is CC1(C)C(=O)NCCN1c1cncc(NN)n1. The van der Waals surface area contributed by atoms with Gasteiger partial charge < -0.3 is 15.6 Å². The Morgan fingerprint density at radius 3 is 3.00 bits per heavy atom. The highest BCUT2D eigenvalue weighted by atomic mass is 16.2. The molecule has 0 spiro atoms. The van der Waals surface area contributed by atoms with Gasteiger partial charge in [-0.1, -0.05) is 0 Å². The third-order valence-electron chi connectivity index (χ3n) is 2.90. The van der Waals surface area contributed by atoms with Crippen LogP contribution in [0.15, 0.2) is 12.4 Å². The lowest BCUT2D eigenvalue weighted by Gasteiger charge is -2.41. The van der Waals surface area contributed by atoms with E-state index in [2.05, 4.69) is 20.7 Å². The number of nitrogens with two attached hydrogens (primary N) is 1. The second-order valence-corrected chi connectivity index (χ2v) is 4.37. The molecule has 0 saturated carbocycles. The van der Waals surface area contributed by atoms with Crippen molar-refractivity contribution in [2.75, 3.05) is 23.4 Å². The van der Waals surface area contributed by atoms with Crippen LogP contribution in [0.3, 0.4) is 0 Å². The molecule has 7 nitrogen and oxygen atoms in total. The molecule has 1 aromatic heterocycles. The van der Waals surface area contributed by atoms with E-state index in [-0.39, 0.29) is 5.91 Å². The van der Waals surface area contributed by atoms with Gasteiger partial charge >= 0.3 is 0 Å². The van der Waals surface area contributed by atoms with Crippen LogP contribution in [0.25, 0.3) is 0 Å². The molecule has 1 fully saturated rings. The van der Waals surface area contributed by atoms with Crippen LogP contribution >= 0.6 is 0 Å². The van der Waals surface area contributed by atoms with Crippen molar-refractivity contribution < 1.29 is 4.79 Å². The molecule has 0 bridgehead atoms. The summed E-state index contributed by atoms with van der Waals surface area (Å²) in [6.45, 7) is 5.00. The first-order chi connectivity index (χ1) is 8.05. The van der Waals surface area contributed by atoms with Crippen molar-refractivity contribution in [3.8, 4) is 0 Å². The highest BCUT2D eigenvalue weighted by Gasteiger charge is 2.38. The molecule has 4 N–H and O–H groups in total. The standard InChI is InChI=1S/C10H16N6O/c1-10(2)9(17)13-3-4-16(10)8-6-12-5-7(14-8)15-11/h5-6H,3-4,11H2,1-2H3,(H,13,17)(H,14,15). The van der Waals surface area contributed by atoms with Crippen LogP contribution in [0.4, 0.5) is 11.6 Å². The Kier molecular flexibility index (Phi) is 2.84. The van der Waals surface area contributed by atoms with E-state index in [0.717, 1.165) is 0 Å². The van der Waals surface area contributed by atoms with Crippen LogP contribution in [0, 0.1) is 0 Å². The number of anilines is 2. The van der Waals surface area contributed by atoms with Crippen molar-refractivity contribution in [1.82, 2.24) is 15.3 Å². The van der Waals surface area contributed by atoms with Crippen LogP contribution in [0.5, 0.6) is 0 Å². The topological polar surface area (TPSA) is 96.2 Å². The minimum atomic E-state index is -0.639. The second-order valence-electron chi connectivity index (χ2n) is 4.37. The van der Waals surface area contributed by atoms with Crippen LogP contribution in [0.1, 0.15) is 13.8 Å². The quantitative estimate of drug-likeness (QED) is 0.472. The van der Waals surface area contributed by atoms with Gasteiger partial charge in [-0.15, -0.1) is 0 Å². The summed E-state index contributed by atoms with van der Waals surface area (Å²) in [5, 5.41) is 2.83. The molecule has 7 heteroatoms. The zero-order valence-corrected chi connectivity index (χ0v) is 9.90. The van der Waals surface area contributed by atoms with E-state index >= 15 is 0 Å². The average Bonchev–Trinajstić information content (AvgIpc) is 2.32. The Morgan fingerprint density at radius 1 is 1.53 bits per heavy atom. The number of nitrogen functional groups attached to an aromatic ring is 1. The number of rotatable bonds is 2. The van der Waals surface area contributed by atoms with Gasteiger partial charge in [0.05, 0.1) is 12.4 Å². The molecule has 1 amide bonds. The first kappa shape index (κ1) is 11.6. The summed E-state index contributed by atoms with van der Waals surface area (Å²) in [4.78, 5) is 22.1. The van der Waals surface area contributed by atoms with Crippen molar-refractivity contribution in [1.29, 1.82) is 0 Å². The molecule has 1 aliphatic heterocycles. The van der Waals surface area contributed by atoms with Crippen molar-refractivity contribution in [3.05, 3.63) is 12.4 Å². The molecule has 0 aliphatic carbocycles. The monoisotopic (exact) mass is 236 g/mol. The fourth-order valence-electron chi connectivity index (χ4n) is 1.86. The van der Waals surface area contributed by atoms with Crippen LogP contribution < -0.4 is 21.5 Å². The number of piperazine rings is 1. The van der Waals surface area contributed by atoms with E-state index < -0.39 is 5.54 Å². The minimum Gasteiger partial charge on any atom is -0.352 e. The number of hydrogen-bond donors (Lipinski definition) is 3. The van der Waals surface area contributed by atoms with Gasteiger partial charge in [-0.25, -0.2) is 10.8 Å². The normalized spacial score (nSPS) is 18.8. The van der Waals surface area contributed by atoms with Gasteiger partial charge in [-0.3, -0.25) is 9.78 Å². The predicted octanol–water partition coefficient (Wildman–Crippen LogP) is -0.523. The number of aromatic nitrogens is 2. The molecule has 0 radical (unpaired) electrons. The molecule has 0 atom stereocenters. The predicted molar refractivity (Wildman–Crippen MR) is 64.3 cm³/mol. The van der Waals surface area contributed by atoms with Crippen molar-refractivity contribution in [2.45, 2.75) is 19.4 Å². The van der Waals surface area contributed by atoms with Gasteiger partial charge in [0, 0.05) is 13.1 Å². The van der Waals surface area contributed by atoms with Crippen molar-refractivity contribution in [3.63, 3.8) is 0 Å². The summed E-state index contributed by atoms with van der Waals surface area (Å²) in [6, 6.07) is 0. The van der Waals surface area contributed by atoms with E-state index in [1.54, 1.807) is 6.20 Å². The molecule has 1 saturated heterocycles. The lowest BCUT2D eigenvalue weighted by atomic mass is 9.99. The summed E-state index contributed by atoms with van der Waals surface area (Å²) in [6.07, 6.45) is 3.15. The maximum absolute atomic E-state index is 11.8. The maximum atomic E-state index is 11.8. The van der Waals surface area contributed by atoms with Gasteiger partial charge in [-0.2, -0.15) is 0 Å². The summed E-state index contributed by atoms with van der Waals surface area (Å²) in [7, 11) is 0. The fourth-order valence-corrected chi connectivity index (χ4v) is 1.86. The van der Waals surface area contributed by atoms with Crippen LogP contribution in [-0.2, 0) is 4.79 Å². The maximum Gasteiger partial charge on any atom is 0.245 e. The highest BCUT2D eigenvalue weighted by molar-refractivity contribution is 5.90. The third-order valence-corrected chi connectivity index (χ3v) is 2.90. The molecule has 92 valence electrons. The Bertz CT molecular complexity index is 433. The smallest absolute Gasteiger partial charge is 0.245 e. The van der Waals surface area contributed by atoms with Gasteiger partial charge in [-0.05, 0) is 13.8 Å². The highest BCUT2D eigenvalue weighted by Crippen LogP contribution is 2.24. The first-order valence-corrected chi connectivity index (χ1v) is 5.40. The van der Waals surface area contributed by atoms with E-state index in [0.29, 0.717) is 24.7 Å². The molecule has 17 heavy (non-hydrogen) atoms. The first-order valence-electron chi connectivity index (χ1n) is 5.40. The molecule has 2 heterocycles. The number of nitrogens with zero attached hydrogens (tertiary/aromatic N) is 3. The number of nitrogens with one attached hydrogen (secondary N) is 2. The summed E-state index contributed by atoms with van der Waals surface area (Å²) in [5.74, 6) is 6.39. The Hall–Kier alpha value is -1.89. The number of carbonyl (C=O) groups is 1. The molecule has 0 unspecified atom stereocenters. The molecule has 2 rings (SSSR count). The van der Waals surface area contributed by atoms with Gasteiger partial charge in [0.1, 0.15) is 5.54 Å². The number of carbonyl (C=O) groups excluding carboxylic acids is 1. The van der Waals surface area contributed by atoms with E-state index in [4.69, 9.17) is 5.84 Å². The molecule has 1 aliphatic rings. The van der Waals surface area contributed by atoms with E-state index in [9.17, 15) is 4.79 Å². The number of hydrogen-bond acceptors (Lipinski definition) is 6. The zero-order valence-electron chi connectivity index (χ0n) is 9.90. The number of hydrazine groups is 1. The van der Waals surface area contributed by atoms with E-state index in [1.165, 1.54) is 6.20 Å². The summed E-state index contributed by atoms with van der Waals surface area (Å²) < 4.78 is 0.